The van der Waals surface area contributed by atoms with Gasteiger partial charge in [-0.25, -0.2) is 4.98 Å². The summed E-state index contributed by atoms with van der Waals surface area (Å²) in [6, 6.07) is 7.06. The third-order valence-electron chi connectivity index (χ3n) is 8.89. The number of methoxy groups -OCH3 is 1. The summed E-state index contributed by atoms with van der Waals surface area (Å²) in [5.74, 6) is -1.86. The van der Waals surface area contributed by atoms with Crippen molar-refractivity contribution in [1.29, 1.82) is 0 Å². The standard InChI is InChI=1S/C35H51N9O7S/c1-3-4-5-10-38-32-31-27(40-35(37)41-32)9-12-44(31)20-24-7-6-23(17-28(24)51-2)19-42-13-15-43(16-14-42)29(45)8-11-39-33(48)25(18-30(46)47)21-52-22-26(36)34(49)50/h6-7,9,12,17,25-26H,3-5,8,10-11,13-16,18-22,36H2,1-2H3,(H,39,48)(H,46,47)(H,49,50)(H3,37,38,40,41)/t25-,26-/m0/s1. The van der Waals surface area contributed by atoms with E-state index < -0.39 is 36.2 Å². The number of thioether (sulfide) groups is 1. The van der Waals surface area contributed by atoms with Crippen LogP contribution >= 0.6 is 11.8 Å². The Bertz CT molecular complexity index is 1680. The number of unbranched alkanes of at least 4 members (excludes halogenated alkanes) is 2. The van der Waals surface area contributed by atoms with Gasteiger partial charge in [-0.2, -0.15) is 16.7 Å². The number of carboxylic acid groups (broad SMARTS) is 2. The Morgan fingerprint density at radius 1 is 1.02 bits per heavy atom. The van der Waals surface area contributed by atoms with Crippen molar-refractivity contribution in [3.8, 4) is 5.75 Å². The molecule has 0 saturated carbocycles. The number of aromatic nitrogens is 3. The number of hydrogen-bond acceptors (Lipinski definition) is 12. The number of carbonyl (C=O) groups is 4. The van der Waals surface area contributed by atoms with E-state index in [1.54, 1.807) is 12.0 Å². The number of fused-ring (bicyclic) bond motifs is 1. The number of nitrogen functional groups attached to an aromatic ring is 1. The van der Waals surface area contributed by atoms with Crippen LogP contribution in [-0.4, -0.2) is 122 Å². The molecule has 2 aromatic heterocycles. The Kier molecular flexibility index (Phi) is 15.3. The third kappa shape index (κ3) is 11.7. The fourth-order valence-electron chi connectivity index (χ4n) is 6.02. The molecule has 8 N–H and O–H groups in total. The van der Waals surface area contributed by atoms with Crippen molar-refractivity contribution >= 4 is 58.3 Å². The number of benzene rings is 1. The molecule has 52 heavy (non-hydrogen) atoms. The van der Waals surface area contributed by atoms with Crippen LogP contribution in [-0.2, 0) is 32.3 Å². The summed E-state index contributed by atoms with van der Waals surface area (Å²) in [4.78, 5) is 60.7. The number of carbonyl (C=O) groups excluding carboxylic acids is 2. The predicted octanol–water partition coefficient (Wildman–Crippen LogP) is 2.06. The van der Waals surface area contributed by atoms with Gasteiger partial charge in [-0.3, -0.25) is 24.1 Å². The van der Waals surface area contributed by atoms with Crippen LogP contribution in [0, 0.1) is 5.92 Å². The monoisotopic (exact) mass is 741 g/mol. The number of rotatable bonds is 21. The number of aliphatic carboxylic acids is 2. The van der Waals surface area contributed by atoms with E-state index in [1.807, 2.05) is 12.3 Å². The van der Waals surface area contributed by atoms with Crippen LogP contribution in [0.5, 0.6) is 5.75 Å². The van der Waals surface area contributed by atoms with E-state index in [1.165, 1.54) is 0 Å². The van der Waals surface area contributed by atoms with Crippen molar-refractivity contribution in [1.82, 2.24) is 29.7 Å². The Morgan fingerprint density at radius 3 is 2.48 bits per heavy atom. The lowest BCUT2D eigenvalue weighted by Crippen LogP contribution is -2.49. The van der Waals surface area contributed by atoms with Crippen molar-refractivity contribution in [2.45, 2.75) is 58.2 Å². The molecular formula is C35H51N9O7S. The molecule has 4 rings (SSSR count). The first-order valence-corrected chi connectivity index (χ1v) is 18.7. The molecule has 1 aliphatic rings. The van der Waals surface area contributed by atoms with Crippen molar-refractivity contribution in [2.75, 3.05) is 68.9 Å². The van der Waals surface area contributed by atoms with Crippen LogP contribution in [0.4, 0.5) is 11.8 Å². The molecule has 16 nitrogen and oxygen atoms in total. The molecule has 0 bridgehead atoms. The van der Waals surface area contributed by atoms with Gasteiger partial charge in [0.1, 0.15) is 17.3 Å². The summed E-state index contributed by atoms with van der Waals surface area (Å²) in [5.41, 5.74) is 15.3. The average molecular weight is 742 g/mol. The zero-order valence-corrected chi connectivity index (χ0v) is 30.7. The maximum atomic E-state index is 12.9. The number of nitrogens with two attached hydrogens (primary N) is 2. The summed E-state index contributed by atoms with van der Waals surface area (Å²) in [7, 11) is 1.66. The lowest BCUT2D eigenvalue weighted by atomic mass is 10.1. The van der Waals surface area contributed by atoms with E-state index in [9.17, 15) is 24.3 Å². The molecular weight excluding hydrogens is 691 g/mol. The number of nitrogens with zero attached hydrogens (tertiary/aromatic N) is 5. The number of amides is 2. The fourth-order valence-corrected chi connectivity index (χ4v) is 7.10. The summed E-state index contributed by atoms with van der Waals surface area (Å²) >= 11 is 1.11. The minimum atomic E-state index is -1.17. The van der Waals surface area contributed by atoms with Gasteiger partial charge in [-0.1, -0.05) is 31.9 Å². The van der Waals surface area contributed by atoms with Gasteiger partial charge in [0.2, 0.25) is 17.8 Å². The second kappa shape index (κ2) is 19.8. The number of piperazine rings is 1. The summed E-state index contributed by atoms with van der Waals surface area (Å²) in [5, 5.41) is 24.2. The van der Waals surface area contributed by atoms with Gasteiger partial charge in [-0.05, 0) is 24.1 Å². The number of carboxylic acids is 2. The van der Waals surface area contributed by atoms with Gasteiger partial charge in [0, 0.05) is 75.5 Å². The molecule has 2 amide bonds. The Morgan fingerprint density at radius 2 is 1.79 bits per heavy atom. The van der Waals surface area contributed by atoms with Crippen LogP contribution in [0.15, 0.2) is 30.5 Å². The van der Waals surface area contributed by atoms with Gasteiger partial charge in [0.05, 0.1) is 31.5 Å². The molecule has 2 atom stereocenters. The second-order valence-electron chi connectivity index (χ2n) is 12.9. The average Bonchev–Trinajstić information content (AvgIpc) is 3.52. The molecule has 0 unspecified atom stereocenters. The zero-order valence-electron chi connectivity index (χ0n) is 29.9. The minimum Gasteiger partial charge on any atom is -0.496 e. The van der Waals surface area contributed by atoms with Crippen LogP contribution < -0.4 is 26.8 Å². The molecule has 1 saturated heterocycles. The van der Waals surface area contributed by atoms with Crippen LogP contribution in [0.1, 0.15) is 50.2 Å². The Hall–Kier alpha value is -4.61. The molecule has 3 heterocycles. The van der Waals surface area contributed by atoms with E-state index in [0.29, 0.717) is 39.3 Å². The maximum Gasteiger partial charge on any atom is 0.321 e. The second-order valence-corrected chi connectivity index (χ2v) is 13.9. The molecule has 1 aromatic carbocycles. The zero-order chi connectivity index (χ0) is 37.6. The summed E-state index contributed by atoms with van der Waals surface area (Å²) in [6.45, 7) is 6.77. The highest BCUT2D eigenvalue weighted by Crippen LogP contribution is 2.28. The molecule has 0 spiro atoms. The maximum absolute atomic E-state index is 12.9. The van der Waals surface area contributed by atoms with Gasteiger partial charge in [-0.15, -0.1) is 0 Å². The third-order valence-corrected chi connectivity index (χ3v) is 10.1. The van der Waals surface area contributed by atoms with Crippen LogP contribution in [0.25, 0.3) is 11.0 Å². The highest BCUT2D eigenvalue weighted by Gasteiger charge is 2.25. The molecule has 0 aliphatic carbocycles. The van der Waals surface area contributed by atoms with E-state index in [0.717, 1.165) is 71.3 Å². The molecule has 3 aromatic rings. The van der Waals surface area contributed by atoms with Gasteiger partial charge in [0.25, 0.3) is 0 Å². The van der Waals surface area contributed by atoms with Gasteiger partial charge >= 0.3 is 11.9 Å². The highest BCUT2D eigenvalue weighted by atomic mass is 32.2. The van der Waals surface area contributed by atoms with Gasteiger partial charge < -0.3 is 46.5 Å². The molecule has 1 fully saturated rings. The van der Waals surface area contributed by atoms with E-state index in [4.69, 9.17) is 21.3 Å². The number of anilines is 2. The predicted molar refractivity (Wildman–Crippen MR) is 200 cm³/mol. The molecule has 284 valence electrons. The normalized spacial score (nSPS) is 14.6. The number of hydrogen-bond donors (Lipinski definition) is 6. The minimum absolute atomic E-state index is 0.0545. The van der Waals surface area contributed by atoms with Crippen LogP contribution in [0.3, 0.4) is 0 Å². The number of ether oxygens (including phenoxy) is 1. The smallest absolute Gasteiger partial charge is 0.321 e. The topological polar surface area (TPSA) is 231 Å². The molecule has 0 radical (unpaired) electrons. The Balaban J connectivity index is 1.26. The molecule has 1 aliphatic heterocycles. The largest absolute Gasteiger partial charge is 0.496 e. The number of nitrogens with one attached hydrogen (secondary N) is 2. The lowest BCUT2D eigenvalue weighted by Gasteiger charge is -2.35. The van der Waals surface area contributed by atoms with E-state index in [-0.39, 0.29) is 36.3 Å². The van der Waals surface area contributed by atoms with E-state index in [2.05, 4.69) is 55.2 Å². The van der Waals surface area contributed by atoms with Gasteiger partial charge in [0.15, 0.2) is 5.82 Å². The van der Waals surface area contributed by atoms with Crippen molar-refractivity contribution in [3.63, 3.8) is 0 Å². The molecule has 17 heteroatoms. The first-order valence-electron chi connectivity index (χ1n) is 17.6. The Labute approximate surface area is 307 Å². The van der Waals surface area contributed by atoms with Crippen molar-refractivity contribution in [2.24, 2.45) is 11.7 Å². The fraction of sp³-hybridized carbons (Fsp3) is 0.543. The van der Waals surface area contributed by atoms with Crippen molar-refractivity contribution < 1.29 is 34.1 Å². The highest BCUT2D eigenvalue weighted by molar-refractivity contribution is 7.99. The summed E-state index contributed by atoms with van der Waals surface area (Å²) < 4.78 is 7.91. The van der Waals surface area contributed by atoms with E-state index >= 15 is 0 Å². The van der Waals surface area contributed by atoms with Crippen LogP contribution in [0.2, 0.25) is 0 Å². The van der Waals surface area contributed by atoms with Crippen molar-refractivity contribution in [3.05, 3.63) is 41.6 Å². The first kappa shape index (κ1) is 40.2. The lowest BCUT2D eigenvalue weighted by molar-refractivity contribution is -0.141. The summed E-state index contributed by atoms with van der Waals surface area (Å²) in [6.07, 6.45) is 4.97. The quantitative estimate of drug-likeness (QED) is 0.0859. The SMILES string of the molecule is CCCCCNc1nc(N)nc2ccn(Cc3ccc(CN4CCN(C(=O)CCNC(=O)[C@H](CSC[C@H](N)C(=O)O)CC(=O)O)CC4)cc3OC)c12. The first-order chi connectivity index (χ1) is 25.0.